The molecule has 2 aromatic heterocycles. The van der Waals surface area contributed by atoms with Crippen molar-refractivity contribution < 1.29 is 5.11 Å². The quantitative estimate of drug-likeness (QED) is 0.807. The van der Waals surface area contributed by atoms with E-state index >= 15 is 0 Å². The summed E-state index contributed by atoms with van der Waals surface area (Å²) in [6.45, 7) is 0. The minimum absolute atomic E-state index is 0.157. The van der Waals surface area contributed by atoms with Gasteiger partial charge in [0.15, 0.2) is 0 Å². The Kier molecular flexibility index (Phi) is 3.05. The van der Waals surface area contributed by atoms with Crippen LogP contribution in [-0.4, -0.2) is 36.8 Å². The summed E-state index contributed by atoms with van der Waals surface area (Å²) in [6.07, 6.45) is 4.84. The third-order valence-corrected chi connectivity index (χ3v) is 3.46. The van der Waals surface area contributed by atoms with E-state index in [9.17, 15) is 5.11 Å². The molecule has 0 atom stereocenters. The fourth-order valence-corrected chi connectivity index (χ4v) is 2.49. The van der Waals surface area contributed by atoms with E-state index in [1.165, 1.54) is 6.33 Å². The SMILES string of the molecule is OC1CCC(Nc2cc(Cl)nc3ncnn23)CC1. The number of fused-ring (bicyclic) bond motifs is 1. The summed E-state index contributed by atoms with van der Waals surface area (Å²) in [5.41, 5.74) is 0. The van der Waals surface area contributed by atoms with Crippen molar-refractivity contribution in [3.63, 3.8) is 0 Å². The molecule has 2 N–H and O–H groups in total. The molecule has 18 heavy (non-hydrogen) atoms. The van der Waals surface area contributed by atoms with Gasteiger partial charge in [0, 0.05) is 12.1 Å². The third-order valence-electron chi connectivity index (χ3n) is 3.27. The smallest absolute Gasteiger partial charge is 0.255 e. The Labute approximate surface area is 109 Å². The Bertz CT molecular complexity index is 549. The number of hydrogen-bond acceptors (Lipinski definition) is 5. The standard InChI is InChI=1S/C11H14ClN5O/c12-9-5-10(17-11(16-9)13-6-14-17)15-7-1-3-8(18)4-2-7/h5-8,15,18H,1-4H2. The molecule has 0 aromatic carbocycles. The molecular formula is C11H14ClN5O. The number of aliphatic hydroxyl groups is 1. The maximum atomic E-state index is 9.49. The van der Waals surface area contributed by atoms with Crippen molar-refractivity contribution in [3.05, 3.63) is 17.5 Å². The number of halogens is 1. The molecule has 1 saturated carbocycles. The van der Waals surface area contributed by atoms with Gasteiger partial charge < -0.3 is 10.4 Å². The van der Waals surface area contributed by atoms with Gasteiger partial charge in [0.1, 0.15) is 17.3 Å². The van der Waals surface area contributed by atoms with Crippen molar-refractivity contribution in [1.29, 1.82) is 0 Å². The first-order valence-corrected chi connectivity index (χ1v) is 6.41. The Hall–Kier alpha value is -1.40. The van der Waals surface area contributed by atoms with Crippen molar-refractivity contribution >= 4 is 23.2 Å². The maximum absolute atomic E-state index is 9.49. The third kappa shape index (κ3) is 2.26. The predicted molar refractivity (Wildman–Crippen MR) is 67.7 cm³/mol. The number of nitrogens with one attached hydrogen (secondary N) is 1. The van der Waals surface area contributed by atoms with Crippen LogP contribution in [0.25, 0.3) is 5.78 Å². The number of nitrogens with zero attached hydrogens (tertiary/aromatic N) is 4. The van der Waals surface area contributed by atoms with Gasteiger partial charge in [-0.1, -0.05) is 11.6 Å². The first-order chi connectivity index (χ1) is 8.72. The average molecular weight is 268 g/mol. The molecule has 1 aliphatic rings. The van der Waals surface area contributed by atoms with E-state index in [2.05, 4.69) is 20.4 Å². The highest BCUT2D eigenvalue weighted by atomic mass is 35.5. The largest absolute Gasteiger partial charge is 0.393 e. The van der Waals surface area contributed by atoms with E-state index in [-0.39, 0.29) is 6.10 Å². The summed E-state index contributed by atoms with van der Waals surface area (Å²) < 4.78 is 1.64. The van der Waals surface area contributed by atoms with Gasteiger partial charge in [-0.3, -0.25) is 0 Å². The van der Waals surface area contributed by atoms with Crippen LogP contribution in [0.1, 0.15) is 25.7 Å². The topological polar surface area (TPSA) is 75.3 Å². The van der Waals surface area contributed by atoms with Crippen molar-refractivity contribution in [2.45, 2.75) is 37.8 Å². The maximum Gasteiger partial charge on any atom is 0.255 e. The van der Waals surface area contributed by atoms with E-state index in [4.69, 9.17) is 11.6 Å². The zero-order valence-electron chi connectivity index (χ0n) is 9.75. The first kappa shape index (κ1) is 11.7. The zero-order chi connectivity index (χ0) is 12.5. The Morgan fingerprint density at radius 1 is 1.33 bits per heavy atom. The van der Waals surface area contributed by atoms with Crippen molar-refractivity contribution in [1.82, 2.24) is 19.6 Å². The normalized spacial score (nSPS) is 24.3. The van der Waals surface area contributed by atoms with Gasteiger partial charge >= 0.3 is 0 Å². The second-order valence-electron chi connectivity index (χ2n) is 4.59. The van der Waals surface area contributed by atoms with E-state index in [1.54, 1.807) is 10.6 Å². The molecule has 7 heteroatoms. The Balaban J connectivity index is 1.83. The van der Waals surface area contributed by atoms with Crippen LogP contribution in [0.2, 0.25) is 5.15 Å². The number of hydrogen-bond donors (Lipinski definition) is 2. The lowest BCUT2D eigenvalue weighted by Gasteiger charge is -2.26. The number of anilines is 1. The van der Waals surface area contributed by atoms with Crippen molar-refractivity contribution in [2.75, 3.05) is 5.32 Å². The fourth-order valence-electron chi connectivity index (χ4n) is 2.32. The van der Waals surface area contributed by atoms with Gasteiger partial charge in [-0.05, 0) is 25.7 Å². The summed E-state index contributed by atoms with van der Waals surface area (Å²) in [4.78, 5) is 8.10. The van der Waals surface area contributed by atoms with Crippen LogP contribution in [0.5, 0.6) is 0 Å². The molecular weight excluding hydrogens is 254 g/mol. The van der Waals surface area contributed by atoms with Crippen LogP contribution < -0.4 is 5.32 Å². The van der Waals surface area contributed by atoms with E-state index in [1.807, 2.05) is 0 Å². The lowest BCUT2D eigenvalue weighted by Crippen LogP contribution is -2.29. The first-order valence-electron chi connectivity index (χ1n) is 6.03. The van der Waals surface area contributed by atoms with Gasteiger partial charge in [0.05, 0.1) is 6.10 Å². The van der Waals surface area contributed by atoms with Crippen molar-refractivity contribution in [3.8, 4) is 0 Å². The lowest BCUT2D eigenvalue weighted by atomic mass is 9.93. The van der Waals surface area contributed by atoms with E-state index in [0.29, 0.717) is 17.0 Å². The summed E-state index contributed by atoms with van der Waals surface area (Å²) in [5.74, 6) is 1.28. The second-order valence-corrected chi connectivity index (χ2v) is 4.97. The summed E-state index contributed by atoms with van der Waals surface area (Å²) in [5, 5.41) is 17.4. The molecule has 1 aliphatic carbocycles. The van der Waals surface area contributed by atoms with Crippen LogP contribution in [0, 0.1) is 0 Å². The molecule has 3 rings (SSSR count). The molecule has 0 saturated heterocycles. The van der Waals surface area contributed by atoms with Crippen LogP contribution >= 0.6 is 11.6 Å². The fraction of sp³-hybridized carbons (Fsp3) is 0.545. The molecule has 1 fully saturated rings. The van der Waals surface area contributed by atoms with Gasteiger partial charge in [-0.2, -0.15) is 19.6 Å². The van der Waals surface area contributed by atoms with E-state index in [0.717, 1.165) is 31.5 Å². The molecule has 0 aliphatic heterocycles. The number of rotatable bonds is 2. The number of aliphatic hydroxyl groups excluding tert-OH is 1. The Morgan fingerprint density at radius 2 is 2.11 bits per heavy atom. The summed E-state index contributed by atoms with van der Waals surface area (Å²) >= 11 is 5.95. The highest BCUT2D eigenvalue weighted by Crippen LogP contribution is 2.23. The zero-order valence-corrected chi connectivity index (χ0v) is 10.5. The van der Waals surface area contributed by atoms with Gasteiger partial charge in [-0.15, -0.1) is 0 Å². The Morgan fingerprint density at radius 3 is 2.89 bits per heavy atom. The molecule has 0 bridgehead atoms. The van der Waals surface area contributed by atoms with E-state index < -0.39 is 0 Å². The lowest BCUT2D eigenvalue weighted by molar-refractivity contribution is 0.126. The predicted octanol–water partition coefficient (Wildman–Crippen LogP) is 1.49. The highest BCUT2D eigenvalue weighted by Gasteiger charge is 2.20. The monoisotopic (exact) mass is 267 g/mol. The summed E-state index contributed by atoms with van der Waals surface area (Å²) in [7, 11) is 0. The molecule has 0 unspecified atom stereocenters. The molecule has 96 valence electrons. The second kappa shape index (κ2) is 4.70. The average Bonchev–Trinajstić information content (AvgIpc) is 2.80. The highest BCUT2D eigenvalue weighted by molar-refractivity contribution is 6.29. The summed E-state index contributed by atoms with van der Waals surface area (Å²) in [6, 6.07) is 2.08. The van der Waals surface area contributed by atoms with Crippen LogP contribution in [0.3, 0.4) is 0 Å². The van der Waals surface area contributed by atoms with Crippen molar-refractivity contribution in [2.24, 2.45) is 0 Å². The molecule has 0 radical (unpaired) electrons. The molecule has 6 nitrogen and oxygen atoms in total. The minimum Gasteiger partial charge on any atom is -0.393 e. The molecule has 2 heterocycles. The van der Waals surface area contributed by atoms with Crippen LogP contribution in [0.15, 0.2) is 12.4 Å². The van der Waals surface area contributed by atoms with Gasteiger partial charge in [-0.25, -0.2) is 0 Å². The molecule has 2 aromatic rings. The van der Waals surface area contributed by atoms with Gasteiger partial charge in [0.2, 0.25) is 0 Å². The number of aromatic nitrogens is 4. The van der Waals surface area contributed by atoms with Crippen LogP contribution in [-0.2, 0) is 0 Å². The van der Waals surface area contributed by atoms with Crippen LogP contribution in [0.4, 0.5) is 5.82 Å². The minimum atomic E-state index is -0.157. The van der Waals surface area contributed by atoms with Gasteiger partial charge in [0.25, 0.3) is 5.78 Å². The molecule has 0 amide bonds. The molecule has 0 spiro atoms.